The number of rotatable bonds is 9. The second-order valence-electron chi connectivity index (χ2n) is 9.01. The highest BCUT2D eigenvalue weighted by atomic mass is 16.5. The summed E-state index contributed by atoms with van der Waals surface area (Å²) in [5.74, 6) is 2.86. The minimum atomic E-state index is -0.655. The Morgan fingerprint density at radius 2 is 1.65 bits per heavy atom. The van der Waals surface area contributed by atoms with Crippen molar-refractivity contribution in [3.8, 4) is 34.4 Å². The summed E-state index contributed by atoms with van der Waals surface area (Å²) in [6.07, 6.45) is 0. The third-order valence-corrected chi connectivity index (χ3v) is 6.56. The van der Waals surface area contributed by atoms with Gasteiger partial charge in [0.2, 0.25) is 11.7 Å². The van der Waals surface area contributed by atoms with Crippen molar-refractivity contribution in [3.05, 3.63) is 83.6 Å². The van der Waals surface area contributed by atoms with Crippen LogP contribution in [0.25, 0.3) is 11.4 Å². The molecule has 206 valence electrons. The van der Waals surface area contributed by atoms with Gasteiger partial charge < -0.3 is 29.6 Å². The molecule has 40 heavy (non-hydrogen) atoms. The number of nitrogens with one attached hydrogen (secondary N) is 2. The molecule has 2 N–H and O–H groups in total. The van der Waals surface area contributed by atoms with Crippen LogP contribution >= 0.6 is 0 Å². The third kappa shape index (κ3) is 5.03. The monoisotopic (exact) mass is 541 g/mol. The summed E-state index contributed by atoms with van der Waals surface area (Å²) in [5.41, 5.74) is 3.30. The van der Waals surface area contributed by atoms with Gasteiger partial charge >= 0.3 is 0 Å². The van der Waals surface area contributed by atoms with Crippen LogP contribution in [-0.2, 0) is 4.79 Å². The summed E-state index contributed by atoms with van der Waals surface area (Å²) in [5, 5.41) is 11.1. The van der Waals surface area contributed by atoms with E-state index in [0.29, 0.717) is 58.1 Å². The van der Waals surface area contributed by atoms with Crippen molar-refractivity contribution >= 4 is 17.5 Å². The number of hydrogen-bond acceptors (Lipinski definition) is 8. The van der Waals surface area contributed by atoms with Crippen molar-refractivity contribution in [1.29, 1.82) is 0 Å². The Bertz CT molecular complexity index is 1520. The average molecular weight is 542 g/mol. The number of aromatic nitrogens is 3. The Morgan fingerprint density at radius 3 is 2.25 bits per heavy atom. The SMILES string of the molecule is CCOc1ccc(-c2nc3n(n2)C(c2cc(OC)c(OC)c(OC)c2)C(C(=O)Nc2ccccc2)=C(C)N3)cc1. The zero-order valence-corrected chi connectivity index (χ0v) is 23.0. The van der Waals surface area contributed by atoms with Gasteiger partial charge in [-0.1, -0.05) is 18.2 Å². The smallest absolute Gasteiger partial charge is 0.255 e. The standard InChI is InChI=1S/C30H31N5O5/c1-6-40-22-14-12-19(13-15-22)28-33-30-31-18(2)25(29(36)32-21-10-8-7-9-11-21)26(35(30)34-28)20-16-23(37-3)27(39-5)24(17-20)38-4/h7-17,26H,6H2,1-5H3,(H,32,36)(H,31,33,34). The fourth-order valence-corrected chi connectivity index (χ4v) is 4.72. The number of anilines is 2. The van der Waals surface area contributed by atoms with Crippen LogP contribution in [0, 0.1) is 0 Å². The fourth-order valence-electron chi connectivity index (χ4n) is 4.72. The van der Waals surface area contributed by atoms with Crippen LogP contribution in [0.1, 0.15) is 25.5 Å². The number of nitrogens with zero attached hydrogens (tertiary/aromatic N) is 3. The molecule has 10 nitrogen and oxygen atoms in total. The molecule has 1 amide bonds. The molecule has 0 saturated carbocycles. The third-order valence-electron chi connectivity index (χ3n) is 6.56. The Morgan fingerprint density at radius 1 is 0.975 bits per heavy atom. The van der Waals surface area contributed by atoms with E-state index >= 15 is 0 Å². The summed E-state index contributed by atoms with van der Waals surface area (Å²) >= 11 is 0. The molecule has 1 aliphatic rings. The van der Waals surface area contributed by atoms with Crippen LogP contribution < -0.4 is 29.6 Å². The van der Waals surface area contributed by atoms with Gasteiger partial charge in [0.05, 0.1) is 33.5 Å². The average Bonchev–Trinajstić information content (AvgIpc) is 3.40. The van der Waals surface area contributed by atoms with Gasteiger partial charge in [0.1, 0.15) is 11.8 Å². The lowest BCUT2D eigenvalue weighted by molar-refractivity contribution is -0.113. The molecule has 10 heteroatoms. The van der Waals surface area contributed by atoms with Crippen molar-refractivity contribution in [2.45, 2.75) is 19.9 Å². The molecule has 4 aromatic rings. The Kier molecular flexibility index (Phi) is 7.59. The number of hydrogen-bond donors (Lipinski definition) is 2. The van der Waals surface area contributed by atoms with Gasteiger partial charge in [-0.3, -0.25) is 4.79 Å². The molecule has 5 rings (SSSR count). The van der Waals surface area contributed by atoms with Crippen LogP contribution in [0.5, 0.6) is 23.0 Å². The number of ether oxygens (including phenoxy) is 4. The van der Waals surface area contributed by atoms with Crippen molar-refractivity contribution in [2.75, 3.05) is 38.6 Å². The van der Waals surface area contributed by atoms with E-state index in [2.05, 4.69) is 10.6 Å². The summed E-state index contributed by atoms with van der Waals surface area (Å²) in [6.45, 7) is 4.36. The lowest BCUT2D eigenvalue weighted by Gasteiger charge is -2.29. The highest BCUT2D eigenvalue weighted by Gasteiger charge is 2.36. The highest BCUT2D eigenvalue weighted by Crippen LogP contribution is 2.44. The van der Waals surface area contributed by atoms with Crippen LogP contribution in [0.2, 0.25) is 0 Å². The molecule has 0 radical (unpaired) electrons. The molecule has 1 atom stereocenters. The topological polar surface area (TPSA) is 109 Å². The highest BCUT2D eigenvalue weighted by molar-refractivity contribution is 6.06. The molecule has 0 spiro atoms. The first-order valence-corrected chi connectivity index (χ1v) is 12.8. The van der Waals surface area contributed by atoms with Gasteiger partial charge in [0.25, 0.3) is 5.91 Å². The molecule has 0 saturated heterocycles. The summed E-state index contributed by atoms with van der Waals surface area (Å²) in [4.78, 5) is 18.6. The first-order chi connectivity index (χ1) is 19.5. The first-order valence-electron chi connectivity index (χ1n) is 12.8. The van der Waals surface area contributed by atoms with Crippen molar-refractivity contribution in [1.82, 2.24) is 14.8 Å². The Hall–Kier alpha value is -4.99. The molecule has 3 aromatic carbocycles. The van der Waals surface area contributed by atoms with E-state index in [4.69, 9.17) is 29.0 Å². The minimum absolute atomic E-state index is 0.279. The number of carbonyl (C=O) groups excluding carboxylic acids is 1. The number of benzene rings is 3. The number of amides is 1. The van der Waals surface area contributed by atoms with Gasteiger partial charge in [0, 0.05) is 16.9 Å². The van der Waals surface area contributed by atoms with Gasteiger partial charge in [-0.15, -0.1) is 5.10 Å². The van der Waals surface area contributed by atoms with Crippen LogP contribution in [0.15, 0.2) is 78.0 Å². The molecule has 0 fully saturated rings. The maximum Gasteiger partial charge on any atom is 0.255 e. The first kappa shape index (κ1) is 26.6. The van der Waals surface area contributed by atoms with Crippen molar-refractivity contribution in [2.24, 2.45) is 0 Å². The number of allylic oxidation sites excluding steroid dienone is 1. The number of carbonyl (C=O) groups is 1. The zero-order chi connectivity index (χ0) is 28.2. The second kappa shape index (κ2) is 11.4. The number of fused-ring (bicyclic) bond motifs is 1. The molecular formula is C30H31N5O5. The molecule has 1 aliphatic heterocycles. The predicted octanol–water partition coefficient (Wildman–Crippen LogP) is 5.30. The van der Waals surface area contributed by atoms with Crippen LogP contribution in [0.3, 0.4) is 0 Å². The Balaban J connectivity index is 1.64. The largest absolute Gasteiger partial charge is 0.494 e. The van der Waals surface area contributed by atoms with E-state index in [-0.39, 0.29) is 5.91 Å². The minimum Gasteiger partial charge on any atom is -0.494 e. The predicted molar refractivity (Wildman–Crippen MR) is 152 cm³/mol. The van der Waals surface area contributed by atoms with Crippen LogP contribution in [-0.4, -0.2) is 48.6 Å². The lowest BCUT2D eigenvalue weighted by Crippen LogP contribution is -2.31. The zero-order valence-electron chi connectivity index (χ0n) is 23.0. The summed E-state index contributed by atoms with van der Waals surface area (Å²) in [6, 6.07) is 19.9. The van der Waals surface area contributed by atoms with E-state index in [9.17, 15) is 4.79 Å². The Labute approximate surface area is 232 Å². The second-order valence-corrected chi connectivity index (χ2v) is 9.01. The van der Waals surface area contributed by atoms with Gasteiger partial charge in [-0.05, 0) is 67.9 Å². The van der Waals surface area contributed by atoms with E-state index in [1.807, 2.05) is 80.6 Å². The van der Waals surface area contributed by atoms with Gasteiger partial charge in [-0.25, -0.2) is 4.68 Å². The molecule has 1 unspecified atom stereocenters. The molecule has 0 bridgehead atoms. The number of para-hydroxylation sites is 1. The normalized spacial score (nSPS) is 14.2. The van der Waals surface area contributed by atoms with E-state index in [0.717, 1.165) is 11.3 Å². The van der Waals surface area contributed by atoms with Crippen molar-refractivity contribution in [3.63, 3.8) is 0 Å². The molecular weight excluding hydrogens is 510 g/mol. The van der Waals surface area contributed by atoms with Crippen LogP contribution in [0.4, 0.5) is 11.6 Å². The molecule has 1 aromatic heterocycles. The quantitative estimate of drug-likeness (QED) is 0.294. The lowest BCUT2D eigenvalue weighted by atomic mass is 9.94. The number of methoxy groups -OCH3 is 3. The van der Waals surface area contributed by atoms with Crippen molar-refractivity contribution < 1.29 is 23.7 Å². The van der Waals surface area contributed by atoms with E-state index in [1.54, 1.807) is 26.0 Å². The van der Waals surface area contributed by atoms with E-state index < -0.39 is 6.04 Å². The van der Waals surface area contributed by atoms with E-state index in [1.165, 1.54) is 0 Å². The van der Waals surface area contributed by atoms with Gasteiger partial charge in [-0.2, -0.15) is 4.98 Å². The maximum absolute atomic E-state index is 13.8. The fraction of sp³-hybridized carbons (Fsp3) is 0.233. The summed E-state index contributed by atoms with van der Waals surface area (Å²) < 4.78 is 24.1. The summed E-state index contributed by atoms with van der Waals surface area (Å²) in [7, 11) is 4.66. The molecule has 2 heterocycles. The molecule has 0 aliphatic carbocycles. The van der Waals surface area contributed by atoms with Gasteiger partial charge in [0.15, 0.2) is 17.3 Å². The maximum atomic E-state index is 13.8.